The van der Waals surface area contributed by atoms with Crippen molar-refractivity contribution in [1.82, 2.24) is 5.32 Å². The molecule has 2 aromatic rings. The van der Waals surface area contributed by atoms with Crippen LogP contribution in [0.25, 0.3) is 0 Å². The van der Waals surface area contributed by atoms with Gasteiger partial charge in [-0.1, -0.05) is 28.1 Å². The van der Waals surface area contributed by atoms with Gasteiger partial charge in [0.05, 0.1) is 4.92 Å². The normalized spacial score (nSPS) is 10.2. The van der Waals surface area contributed by atoms with Gasteiger partial charge in [-0.05, 0) is 36.2 Å². The van der Waals surface area contributed by atoms with E-state index in [2.05, 4.69) is 26.6 Å². The first-order valence-corrected chi connectivity index (χ1v) is 7.79. The molecule has 0 aliphatic rings. The summed E-state index contributed by atoms with van der Waals surface area (Å²) in [6, 6.07) is 12.2. The van der Waals surface area contributed by atoms with Crippen molar-refractivity contribution in [3.63, 3.8) is 0 Å². The zero-order chi connectivity index (χ0) is 16.8. The van der Waals surface area contributed by atoms with E-state index in [0.717, 1.165) is 5.56 Å². The number of nitrogens with one attached hydrogen (secondary N) is 2. The van der Waals surface area contributed by atoms with Gasteiger partial charge in [-0.2, -0.15) is 0 Å². The summed E-state index contributed by atoms with van der Waals surface area (Å²) < 4.78 is 0.660. The van der Waals surface area contributed by atoms with Crippen LogP contribution in [0.4, 0.5) is 11.4 Å². The number of halogens is 1. The fourth-order valence-corrected chi connectivity index (χ4v) is 2.51. The Morgan fingerprint density at radius 1 is 1.26 bits per heavy atom. The second-order valence-corrected chi connectivity index (χ2v) is 5.79. The van der Waals surface area contributed by atoms with E-state index in [1.807, 2.05) is 18.2 Å². The van der Waals surface area contributed by atoms with Crippen molar-refractivity contribution in [2.45, 2.75) is 6.42 Å². The topological polar surface area (TPSA) is 84.3 Å². The number of benzene rings is 2. The summed E-state index contributed by atoms with van der Waals surface area (Å²) in [6.07, 6.45) is 0.651. The summed E-state index contributed by atoms with van der Waals surface area (Å²) in [5.41, 5.74) is 2.08. The van der Waals surface area contributed by atoms with E-state index in [0.29, 0.717) is 28.7 Å². The number of nitro benzene ring substituents is 1. The minimum atomic E-state index is -0.417. The van der Waals surface area contributed by atoms with Crippen LogP contribution in [-0.4, -0.2) is 24.4 Å². The van der Waals surface area contributed by atoms with Crippen LogP contribution in [0.2, 0.25) is 0 Å². The first kappa shape index (κ1) is 17.0. The number of nitro groups is 1. The van der Waals surface area contributed by atoms with Crippen molar-refractivity contribution in [3.05, 3.63) is 68.2 Å². The van der Waals surface area contributed by atoms with E-state index in [9.17, 15) is 14.9 Å². The van der Waals surface area contributed by atoms with Gasteiger partial charge < -0.3 is 10.6 Å². The Labute approximate surface area is 142 Å². The molecule has 0 spiro atoms. The van der Waals surface area contributed by atoms with Crippen LogP contribution in [0, 0.1) is 10.1 Å². The maximum absolute atomic E-state index is 11.6. The fourth-order valence-electron chi connectivity index (χ4n) is 2.16. The smallest absolute Gasteiger partial charge is 0.293 e. The molecule has 0 fully saturated rings. The van der Waals surface area contributed by atoms with Gasteiger partial charge in [0.2, 0.25) is 0 Å². The summed E-state index contributed by atoms with van der Waals surface area (Å²) in [7, 11) is 1.59. The Balaban J connectivity index is 2.03. The quantitative estimate of drug-likeness (QED) is 0.596. The van der Waals surface area contributed by atoms with Crippen LogP contribution in [0.15, 0.2) is 46.9 Å². The number of carbonyl (C=O) groups excluding carboxylic acids is 1. The molecule has 6 nitrogen and oxygen atoms in total. The van der Waals surface area contributed by atoms with Gasteiger partial charge >= 0.3 is 0 Å². The third-order valence-corrected chi connectivity index (χ3v) is 3.80. The van der Waals surface area contributed by atoms with E-state index in [1.165, 1.54) is 6.07 Å². The highest BCUT2D eigenvalue weighted by Crippen LogP contribution is 2.27. The van der Waals surface area contributed by atoms with E-state index in [-0.39, 0.29) is 11.6 Å². The molecule has 1 amide bonds. The molecule has 0 saturated heterocycles. The molecule has 0 heterocycles. The van der Waals surface area contributed by atoms with Gasteiger partial charge in [0.25, 0.3) is 11.6 Å². The van der Waals surface area contributed by atoms with Crippen molar-refractivity contribution in [1.29, 1.82) is 0 Å². The highest BCUT2D eigenvalue weighted by atomic mass is 79.9. The Bertz CT molecular complexity index is 734. The van der Waals surface area contributed by atoms with Gasteiger partial charge in [-0.25, -0.2) is 0 Å². The van der Waals surface area contributed by atoms with Crippen molar-refractivity contribution < 1.29 is 9.72 Å². The maximum atomic E-state index is 11.6. The molecule has 2 aromatic carbocycles. The molecule has 0 aromatic heterocycles. The number of hydrogen-bond acceptors (Lipinski definition) is 4. The third kappa shape index (κ3) is 4.53. The minimum Gasteiger partial charge on any atom is -0.379 e. The summed E-state index contributed by atoms with van der Waals surface area (Å²) in [6.45, 7) is 0.527. The van der Waals surface area contributed by atoms with Gasteiger partial charge in [0, 0.05) is 29.7 Å². The third-order valence-electron chi connectivity index (χ3n) is 3.30. The Kier molecular flexibility index (Phi) is 5.70. The van der Waals surface area contributed by atoms with E-state index >= 15 is 0 Å². The van der Waals surface area contributed by atoms with Gasteiger partial charge in [0.1, 0.15) is 5.69 Å². The lowest BCUT2D eigenvalue weighted by atomic mass is 10.1. The number of hydrogen-bond donors (Lipinski definition) is 2. The molecule has 0 bridgehead atoms. The molecule has 0 radical (unpaired) electrons. The van der Waals surface area contributed by atoms with E-state index in [4.69, 9.17) is 0 Å². The van der Waals surface area contributed by atoms with Crippen LogP contribution in [0.3, 0.4) is 0 Å². The van der Waals surface area contributed by atoms with Gasteiger partial charge in [-0.15, -0.1) is 0 Å². The standard InChI is InChI=1S/C16H16BrN3O3/c1-18-16(21)12-4-2-3-11(9-12)7-8-19-14-6-5-13(17)10-15(14)20(22)23/h2-6,9-10,19H,7-8H2,1H3,(H,18,21). The van der Waals surface area contributed by atoms with E-state index in [1.54, 1.807) is 25.2 Å². The average Bonchev–Trinajstić information content (AvgIpc) is 2.55. The van der Waals surface area contributed by atoms with Gasteiger partial charge in [-0.3, -0.25) is 14.9 Å². The minimum absolute atomic E-state index is 0.0264. The monoisotopic (exact) mass is 377 g/mol. The van der Waals surface area contributed by atoms with E-state index < -0.39 is 4.92 Å². The second kappa shape index (κ2) is 7.73. The van der Waals surface area contributed by atoms with Crippen molar-refractivity contribution >= 4 is 33.2 Å². The molecule has 0 saturated carbocycles. The lowest BCUT2D eigenvalue weighted by Crippen LogP contribution is -2.18. The second-order valence-electron chi connectivity index (χ2n) is 4.87. The summed E-state index contributed by atoms with van der Waals surface area (Å²) in [4.78, 5) is 22.2. The Morgan fingerprint density at radius 3 is 2.74 bits per heavy atom. The molecular weight excluding hydrogens is 362 g/mol. The number of anilines is 1. The van der Waals surface area contributed by atoms with Gasteiger partial charge in [0.15, 0.2) is 0 Å². The number of nitrogens with zero attached hydrogens (tertiary/aromatic N) is 1. The van der Waals surface area contributed by atoms with Crippen LogP contribution in [0.5, 0.6) is 0 Å². The first-order chi connectivity index (χ1) is 11.0. The molecule has 7 heteroatoms. The largest absolute Gasteiger partial charge is 0.379 e. The number of rotatable bonds is 6. The van der Waals surface area contributed by atoms with Crippen LogP contribution < -0.4 is 10.6 Å². The molecule has 2 rings (SSSR count). The zero-order valence-corrected chi connectivity index (χ0v) is 14.1. The zero-order valence-electron chi connectivity index (χ0n) is 12.5. The fraction of sp³-hybridized carbons (Fsp3) is 0.188. The molecule has 0 aliphatic heterocycles. The summed E-state index contributed by atoms with van der Waals surface area (Å²) >= 11 is 3.23. The van der Waals surface area contributed by atoms with Crippen LogP contribution >= 0.6 is 15.9 Å². The SMILES string of the molecule is CNC(=O)c1cccc(CCNc2ccc(Br)cc2[N+](=O)[O-])c1. The predicted molar refractivity (Wildman–Crippen MR) is 92.8 cm³/mol. The van der Waals surface area contributed by atoms with Crippen molar-refractivity contribution in [3.8, 4) is 0 Å². The molecule has 23 heavy (non-hydrogen) atoms. The van der Waals surface area contributed by atoms with Crippen molar-refractivity contribution in [2.24, 2.45) is 0 Å². The van der Waals surface area contributed by atoms with Crippen LogP contribution in [-0.2, 0) is 6.42 Å². The molecule has 0 unspecified atom stereocenters. The molecule has 120 valence electrons. The Hall–Kier alpha value is -2.41. The highest BCUT2D eigenvalue weighted by molar-refractivity contribution is 9.10. The molecular formula is C16H16BrN3O3. The predicted octanol–water partition coefficient (Wildman–Crippen LogP) is 3.37. The van der Waals surface area contributed by atoms with Crippen LogP contribution in [0.1, 0.15) is 15.9 Å². The molecule has 2 N–H and O–H groups in total. The highest BCUT2D eigenvalue weighted by Gasteiger charge is 2.13. The maximum Gasteiger partial charge on any atom is 0.293 e. The number of carbonyl (C=O) groups is 1. The lowest BCUT2D eigenvalue weighted by Gasteiger charge is -2.08. The number of amides is 1. The first-order valence-electron chi connectivity index (χ1n) is 7.00. The molecule has 0 atom stereocenters. The summed E-state index contributed by atoms with van der Waals surface area (Å²) in [5, 5.41) is 16.7. The average molecular weight is 378 g/mol. The Morgan fingerprint density at radius 2 is 2.04 bits per heavy atom. The molecule has 0 aliphatic carbocycles. The van der Waals surface area contributed by atoms with Crippen molar-refractivity contribution in [2.75, 3.05) is 18.9 Å². The summed E-state index contributed by atoms with van der Waals surface area (Å²) in [5.74, 6) is -0.136. The lowest BCUT2D eigenvalue weighted by molar-refractivity contribution is -0.384.